The Morgan fingerprint density at radius 1 is 1.03 bits per heavy atom. The summed E-state index contributed by atoms with van der Waals surface area (Å²) in [5.41, 5.74) is 0.704. The molecule has 2 bridgehead atoms. The SMILES string of the molecule is C[C@@H]1CC[C@H]2[C@H](CCCCc3ccccc3)C(=O)O[C@@H]3O[C@]4(C)CC[C@@H]1[C@]32OO4. The zero-order valence-corrected chi connectivity index (χ0v) is 17.5. The first-order valence-corrected chi connectivity index (χ1v) is 11.3. The first-order valence-electron chi connectivity index (χ1n) is 11.3. The maximum atomic E-state index is 13.0. The molecular weight excluding hydrogens is 368 g/mol. The molecule has 0 N–H and O–H groups in total. The Morgan fingerprint density at radius 2 is 1.86 bits per heavy atom. The van der Waals surface area contributed by atoms with Gasteiger partial charge in [-0.2, -0.15) is 0 Å². The summed E-state index contributed by atoms with van der Waals surface area (Å²) in [6, 6.07) is 10.5. The Kier molecular flexibility index (Phi) is 4.96. The van der Waals surface area contributed by atoms with Crippen LogP contribution in [0.2, 0.25) is 0 Å². The van der Waals surface area contributed by atoms with Crippen molar-refractivity contribution < 1.29 is 24.0 Å². The lowest BCUT2D eigenvalue weighted by atomic mass is 9.57. The van der Waals surface area contributed by atoms with Crippen molar-refractivity contribution in [3.05, 3.63) is 35.9 Å². The number of carbonyl (C=O) groups is 1. The highest BCUT2D eigenvalue weighted by atomic mass is 17.3. The van der Waals surface area contributed by atoms with Gasteiger partial charge in [0.05, 0.1) is 5.92 Å². The summed E-state index contributed by atoms with van der Waals surface area (Å²) >= 11 is 0. The average molecular weight is 401 g/mol. The van der Waals surface area contributed by atoms with Gasteiger partial charge in [0.2, 0.25) is 12.1 Å². The molecule has 5 nitrogen and oxygen atoms in total. The Balaban J connectivity index is 1.33. The van der Waals surface area contributed by atoms with E-state index < -0.39 is 17.7 Å². The average Bonchev–Trinajstić information content (AvgIpc) is 2.95. The standard InChI is InChI=1S/C24H32O5/c1-16-12-13-20-18(11-7-6-10-17-8-4-3-5-9-17)21(25)26-22-24(20)19(16)14-15-23(2,27-22)28-29-24/h3-5,8-9,16,18-20,22H,6-7,10-15H2,1-2H3/t16-,18+,19+,20+,22-,23+,24-/m1/s1. The largest absolute Gasteiger partial charge is 0.432 e. The van der Waals surface area contributed by atoms with Crippen molar-refractivity contribution in [3.63, 3.8) is 0 Å². The second kappa shape index (κ2) is 7.36. The van der Waals surface area contributed by atoms with Crippen LogP contribution in [-0.4, -0.2) is 23.6 Å². The molecule has 4 heterocycles. The van der Waals surface area contributed by atoms with Crippen molar-refractivity contribution in [1.29, 1.82) is 0 Å². The maximum absolute atomic E-state index is 13.0. The maximum Gasteiger partial charge on any atom is 0.311 e. The highest BCUT2D eigenvalue weighted by Gasteiger charge is 2.70. The van der Waals surface area contributed by atoms with Gasteiger partial charge in [-0.05, 0) is 56.9 Å². The fourth-order valence-corrected chi connectivity index (χ4v) is 6.27. The summed E-state index contributed by atoms with van der Waals surface area (Å²) in [4.78, 5) is 25.0. The molecule has 158 valence electrons. The van der Waals surface area contributed by atoms with Crippen LogP contribution < -0.4 is 0 Å². The number of aryl methyl sites for hydroxylation is 1. The van der Waals surface area contributed by atoms with Gasteiger partial charge in [0, 0.05) is 18.3 Å². The minimum absolute atomic E-state index is 0.106. The van der Waals surface area contributed by atoms with Gasteiger partial charge in [-0.1, -0.05) is 43.7 Å². The van der Waals surface area contributed by atoms with Crippen LogP contribution in [0.3, 0.4) is 0 Å². The highest BCUT2D eigenvalue weighted by molar-refractivity contribution is 5.74. The number of carbonyl (C=O) groups excluding carboxylic acids is 1. The van der Waals surface area contributed by atoms with Gasteiger partial charge in [-0.3, -0.25) is 4.79 Å². The third-order valence-corrected chi connectivity index (χ3v) is 7.86. The fourth-order valence-electron chi connectivity index (χ4n) is 6.27. The number of ether oxygens (including phenoxy) is 2. The van der Waals surface area contributed by atoms with E-state index in [1.54, 1.807) is 0 Å². The van der Waals surface area contributed by atoms with Gasteiger partial charge in [0.15, 0.2) is 5.60 Å². The molecule has 1 aliphatic carbocycles. The number of rotatable bonds is 5. The Hall–Kier alpha value is -1.43. The first kappa shape index (κ1) is 19.5. The first-order chi connectivity index (χ1) is 14.0. The summed E-state index contributed by atoms with van der Waals surface area (Å²) in [5.74, 6) is -0.146. The van der Waals surface area contributed by atoms with E-state index in [0.29, 0.717) is 11.8 Å². The van der Waals surface area contributed by atoms with Crippen LogP contribution in [-0.2, 0) is 30.5 Å². The molecule has 1 aromatic carbocycles. The van der Waals surface area contributed by atoms with Gasteiger partial charge in [-0.15, -0.1) is 0 Å². The molecule has 5 aliphatic rings. The van der Waals surface area contributed by atoms with Crippen LogP contribution in [0.25, 0.3) is 0 Å². The lowest BCUT2D eigenvalue weighted by Gasteiger charge is -2.58. The zero-order valence-electron chi connectivity index (χ0n) is 17.5. The van der Waals surface area contributed by atoms with E-state index in [0.717, 1.165) is 51.4 Å². The molecule has 0 aromatic heterocycles. The van der Waals surface area contributed by atoms with E-state index in [1.807, 2.05) is 13.0 Å². The predicted octanol–water partition coefficient (Wildman–Crippen LogP) is 4.79. The third-order valence-electron chi connectivity index (χ3n) is 7.86. The molecule has 5 fully saturated rings. The van der Waals surface area contributed by atoms with Crippen molar-refractivity contribution in [2.24, 2.45) is 23.7 Å². The van der Waals surface area contributed by atoms with Crippen molar-refractivity contribution in [2.45, 2.75) is 82.9 Å². The molecule has 1 saturated carbocycles. The molecule has 6 rings (SSSR count). The topological polar surface area (TPSA) is 54.0 Å². The van der Waals surface area contributed by atoms with Crippen LogP contribution in [0.4, 0.5) is 0 Å². The lowest BCUT2D eigenvalue weighted by molar-refractivity contribution is -0.559. The lowest BCUT2D eigenvalue weighted by Crippen LogP contribution is -2.70. The number of hydrogen-bond acceptors (Lipinski definition) is 5. The molecule has 5 heteroatoms. The zero-order chi connectivity index (χ0) is 20.1. The quantitative estimate of drug-likeness (QED) is 0.404. The van der Waals surface area contributed by atoms with E-state index in [4.69, 9.17) is 19.2 Å². The summed E-state index contributed by atoms with van der Waals surface area (Å²) in [7, 11) is 0. The fraction of sp³-hybridized carbons (Fsp3) is 0.708. The highest BCUT2D eigenvalue weighted by Crippen LogP contribution is 2.60. The van der Waals surface area contributed by atoms with Crippen molar-refractivity contribution >= 4 is 5.97 Å². The van der Waals surface area contributed by atoms with Crippen LogP contribution in [0, 0.1) is 23.7 Å². The molecule has 0 radical (unpaired) electrons. The van der Waals surface area contributed by atoms with Crippen LogP contribution >= 0.6 is 0 Å². The molecule has 1 spiro atoms. The van der Waals surface area contributed by atoms with Crippen LogP contribution in [0.1, 0.15) is 64.4 Å². The molecule has 7 atom stereocenters. The van der Waals surface area contributed by atoms with Gasteiger partial charge < -0.3 is 9.47 Å². The monoisotopic (exact) mass is 400 g/mol. The third kappa shape index (κ3) is 3.22. The molecule has 1 aromatic rings. The molecule has 4 aliphatic heterocycles. The molecular formula is C24H32O5. The summed E-state index contributed by atoms with van der Waals surface area (Å²) in [6.45, 7) is 4.18. The van der Waals surface area contributed by atoms with E-state index in [1.165, 1.54) is 5.56 Å². The van der Waals surface area contributed by atoms with E-state index in [9.17, 15) is 4.79 Å². The molecule has 0 unspecified atom stereocenters. The number of benzene rings is 1. The minimum Gasteiger partial charge on any atom is -0.432 e. The van der Waals surface area contributed by atoms with Crippen molar-refractivity contribution in [1.82, 2.24) is 0 Å². The number of unbranched alkanes of at least 4 members (excludes halogenated alkanes) is 1. The Bertz CT molecular complexity index is 751. The Labute approximate surface area is 173 Å². The second-order valence-electron chi connectivity index (χ2n) is 9.68. The van der Waals surface area contributed by atoms with Crippen molar-refractivity contribution in [2.75, 3.05) is 0 Å². The van der Waals surface area contributed by atoms with Gasteiger partial charge in [0.25, 0.3) is 0 Å². The van der Waals surface area contributed by atoms with E-state index >= 15 is 0 Å². The van der Waals surface area contributed by atoms with E-state index in [-0.39, 0.29) is 17.8 Å². The van der Waals surface area contributed by atoms with E-state index in [2.05, 4.69) is 31.2 Å². The van der Waals surface area contributed by atoms with Gasteiger partial charge in [0.1, 0.15) is 0 Å². The van der Waals surface area contributed by atoms with Crippen LogP contribution in [0.15, 0.2) is 30.3 Å². The smallest absolute Gasteiger partial charge is 0.311 e. The number of fused-ring (bicyclic) bond motifs is 2. The Morgan fingerprint density at radius 3 is 2.69 bits per heavy atom. The summed E-state index contributed by atoms with van der Waals surface area (Å²) in [5, 5.41) is 0. The van der Waals surface area contributed by atoms with Gasteiger partial charge >= 0.3 is 5.97 Å². The van der Waals surface area contributed by atoms with Crippen LogP contribution in [0.5, 0.6) is 0 Å². The van der Waals surface area contributed by atoms with Crippen molar-refractivity contribution in [3.8, 4) is 0 Å². The van der Waals surface area contributed by atoms with Gasteiger partial charge in [-0.25, -0.2) is 9.78 Å². The molecule has 0 amide bonds. The number of hydrogen-bond donors (Lipinski definition) is 0. The number of esters is 1. The summed E-state index contributed by atoms with van der Waals surface area (Å²) < 4.78 is 12.1. The minimum atomic E-state index is -0.819. The molecule has 29 heavy (non-hydrogen) atoms. The predicted molar refractivity (Wildman–Crippen MR) is 106 cm³/mol. The molecule has 4 saturated heterocycles. The summed E-state index contributed by atoms with van der Waals surface area (Å²) in [6.07, 6.45) is 7.17. The second-order valence-corrected chi connectivity index (χ2v) is 9.68. The normalized spacial score (nSPS) is 43.4.